The van der Waals surface area contributed by atoms with Crippen molar-refractivity contribution in [2.45, 2.75) is 64.0 Å². The molecule has 1 saturated carbocycles. The molecule has 1 heterocycles. The molecule has 1 aliphatic heterocycles. The summed E-state index contributed by atoms with van der Waals surface area (Å²) in [6, 6.07) is 0. The van der Waals surface area contributed by atoms with Crippen molar-refractivity contribution in [2.24, 2.45) is 5.92 Å². The van der Waals surface area contributed by atoms with Crippen LogP contribution in [0.1, 0.15) is 47.0 Å². The number of halogens is 1. The van der Waals surface area contributed by atoms with E-state index in [9.17, 15) is 0 Å². The van der Waals surface area contributed by atoms with Crippen molar-refractivity contribution in [3.63, 3.8) is 0 Å². The van der Waals surface area contributed by atoms with Gasteiger partial charge in [-0.2, -0.15) is 0 Å². The zero-order chi connectivity index (χ0) is 12.0. The number of alkyl halides is 1. The van der Waals surface area contributed by atoms with E-state index in [-0.39, 0.29) is 18.3 Å². The molecule has 0 aromatic carbocycles. The zero-order valence-corrected chi connectivity index (χ0v) is 11.5. The van der Waals surface area contributed by atoms with Crippen LogP contribution in [0.15, 0.2) is 0 Å². The van der Waals surface area contributed by atoms with Gasteiger partial charge in [0.2, 0.25) is 0 Å². The van der Waals surface area contributed by atoms with Crippen LogP contribution in [0.4, 0.5) is 0 Å². The van der Waals surface area contributed by atoms with E-state index in [0.717, 1.165) is 18.2 Å². The highest BCUT2D eigenvalue weighted by atomic mass is 35.5. The molecule has 0 amide bonds. The van der Waals surface area contributed by atoms with E-state index in [4.69, 9.17) is 20.9 Å². The summed E-state index contributed by atoms with van der Waals surface area (Å²) < 4.78 is 12.1. The fraction of sp³-hybridized carbons (Fsp3) is 1.00. The lowest BCUT2D eigenvalue weighted by molar-refractivity contribution is 0.00578. The first-order valence-corrected chi connectivity index (χ1v) is 6.82. The Balaban J connectivity index is 1.86. The van der Waals surface area contributed by atoms with Gasteiger partial charge in [-0.25, -0.2) is 0 Å². The van der Waals surface area contributed by atoms with Crippen LogP contribution in [0, 0.1) is 5.92 Å². The predicted octanol–water partition coefficient (Wildman–Crippen LogP) is 3.49. The van der Waals surface area contributed by atoms with Gasteiger partial charge in [0, 0.05) is 5.88 Å². The fourth-order valence-electron chi connectivity index (χ4n) is 2.34. The number of hydrogen-bond acceptors (Lipinski definition) is 2. The molecule has 2 rings (SSSR count). The van der Waals surface area contributed by atoms with Crippen LogP contribution in [0.3, 0.4) is 0 Å². The average molecular weight is 245 g/mol. The molecule has 0 N–H and O–H groups in total. The van der Waals surface area contributed by atoms with Crippen molar-refractivity contribution in [3.8, 4) is 0 Å². The molecule has 0 aromatic heterocycles. The lowest BCUT2D eigenvalue weighted by atomic mass is 9.80. The summed E-state index contributed by atoms with van der Waals surface area (Å²) in [6.45, 7) is 8.46. The minimum Gasteiger partial charge on any atom is -0.403 e. The van der Waals surface area contributed by atoms with Crippen molar-refractivity contribution in [1.82, 2.24) is 0 Å². The molecule has 4 heteroatoms. The molecule has 2 atom stereocenters. The van der Waals surface area contributed by atoms with Crippen LogP contribution < -0.4 is 0 Å². The third kappa shape index (κ3) is 2.27. The largest absolute Gasteiger partial charge is 0.461 e. The topological polar surface area (TPSA) is 18.5 Å². The van der Waals surface area contributed by atoms with Crippen molar-refractivity contribution >= 4 is 18.7 Å². The van der Waals surface area contributed by atoms with Crippen LogP contribution >= 0.6 is 11.6 Å². The minimum absolute atomic E-state index is 0.00493. The van der Waals surface area contributed by atoms with Gasteiger partial charge in [-0.15, -0.1) is 11.6 Å². The summed E-state index contributed by atoms with van der Waals surface area (Å²) in [5, 5.41) is 0. The van der Waals surface area contributed by atoms with E-state index >= 15 is 0 Å². The van der Waals surface area contributed by atoms with Gasteiger partial charge in [0.25, 0.3) is 0 Å². The Morgan fingerprint density at radius 2 is 1.75 bits per heavy atom. The lowest BCUT2D eigenvalue weighted by Crippen LogP contribution is -2.41. The molecule has 2 fully saturated rings. The molecule has 2 aliphatic rings. The van der Waals surface area contributed by atoms with E-state index in [1.54, 1.807) is 0 Å². The predicted molar refractivity (Wildman–Crippen MR) is 67.9 cm³/mol. The smallest absolute Gasteiger partial charge is 0.403 e. The normalized spacial score (nSPS) is 35.4. The highest BCUT2D eigenvalue weighted by Gasteiger charge is 2.59. The zero-order valence-electron chi connectivity index (χ0n) is 10.8. The molecule has 0 aromatic rings. The Kier molecular flexibility index (Phi) is 3.33. The van der Waals surface area contributed by atoms with Crippen LogP contribution in [-0.4, -0.2) is 24.2 Å². The first kappa shape index (κ1) is 12.7. The minimum atomic E-state index is -0.183. The maximum atomic E-state index is 6.04. The van der Waals surface area contributed by atoms with Gasteiger partial charge >= 0.3 is 7.12 Å². The summed E-state index contributed by atoms with van der Waals surface area (Å²) in [4.78, 5) is 0. The molecule has 1 unspecified atom stereocenters. The molecular weight excluding hydrogens is 222 g/mol. The first-order valence-electron chi connectivity index (χ1n) is 6.29. The third-order valence-electron chi connectivity index (χ3n) is 4.31. The average Bonchev–Trinajstić information content (AvgIpc) is 2.87. The molecule has 1 saturated heterocycles. The Labute approximate surface area is 104 Å². The van der Waals surface area contributed by atoms with Gasteiger partial charge in [0.05, 0.1) is 11.2 Å². The summed E-state index contributed by atoms with van der Waals surface area (Å²) in [5.41, 5.74) is -0.366. The van der Waals surface area contributed by atoms with Crippen molar-refractivity contribution in [2.75, 3.05) is 5.88 Å². The second-order valence-corrected chi connectivity index (χ2v) is 6.49. The number of rotatable bonds is 4. The summed E-state index contributed by atoms with van der Waals surface area (Å²) in [7, 11) is 0.00493. The van der Waals surface area contributed by atoms with E-state index in [1.165, 1.54) is 12.8 Å². The summed E-state index contributed by atoms with van der Waals surface area (Å²) in [6.07, 6.45) is 3.58. The Bertz CT molecular complexity index is 252. The van der Waals surface area contributed by atoms with E-state index in [1.807, 2.05) is 0 Å². The molecule has 0 bridgehead atoms. The maximum absolute atomic E-state index is 6.04. The van der Waals surface area contributed by atoms with Gasteiger partial charge in [-0.1, -0.05) is 0 Å². The molecular formula is C12H22BClO2. The second kappa shape index (κ2) is 4.18. The fourth-order valence-corrected chi connectivity index (χ4v) is 2.49. The van der Waals surface area contributed by atoms with Gasteiger partial charge in [-0.05, 0) is 58.7 Å². The van der Waals surface area contributed by atoms with Crippen LogP contribution in [0.5, 0.6) is 0 Å². The van der Waals surface area contributed by atoms with E-state index in [0.29, 0.717) is 5.82 Å². The molecule has 2 nitrogen and oxygen atoms in total. The van der Waals surface area contributed by atoms with Crippen molar-refractivity contribution in [3.05, 3.63) is 0 Å². The standard InChI is InChI=1S/C12H22BClO2/c1-11(2)12(3,4)16-13(15-11)10-8-9(10)6-5-7-14/h9-10H,5-8H2,1-4H3/t9?,10-/m1/s1. The van der Waals surface area contributed by atoms with Gasteiger partial charge in [0.1, 0.15) is 0 Å². The quantitative estimate of drug-likeness (QED) is 0.557. The van der Waals surface area contributed by atoms with Gasteiger partial charge < -0.3 is 9.31 Å². The van der Waals surface area contributed by atoms with E-state index in [2.05, 4.69) is 27.7 Å². The highest BCUT2D eigenvalue weighted by Crippen LogP contribution is 2.54. The first-order chi connectivity index (χ1) is 7.37. The Morgan fingerprint density at radius 3 is 2.25 bits per heavy atom. The van der Waals surface area contributed by atoms with Crippen LogP contribution in [-0.2, 0) is 9.31 Å². The Hall–Kier alpha value is 0.275. The SMILES string of the molecule is CC1(C)OB([C@@H]2CC2CCCCl)OC1(C)C. The third-order valence-corrected chi connectivity index (χ3v) is 4.57. The van der Waals surface area contributed by atoms with Crippen molar-refractivity contribution < 1.29 is 9.31 Å². The van der Waals surface area contributed by atoms with Gasteiger partial charge in [0.15, 0.2) is 0 Å². The second-order valence-electron chi connectivity index (χ2n) is 6.12. The lowest BCUT2D eigenvalue weighted by Gasteiger charge is -2.32. The molecule has 0 spiro atoms. The summed E-state index contributed by atoms with van der Waals surface area (Å²) in [5.74, 6) is 2.14. The molecule has 92 valence electrons. The van der Waals surface area contributed by atoms with Crippen LogP contribution in [0.25, 0.3) is 0 Å². The maximum Gasteiger partial charge on any atom is 0.461 e. The Morgan fingerprint density at radius 1 is 1.19 bits per heavy atom. The summed E-state index contributed by atoms with van der Waals surface area (Å²) >= 11 is 5.71. The molecule has 16 heavy (non-hydrogen) atoms. The monoisotopic (exact) mass is 244 g/mol. The highest BCUT2D eigenvalue weighted by molar-refractivity contribution is 6.48. The molecule has 1 aliphatic carbocycles. The van der Waals surface area contributed by atoms with E-state index < -0.39 is 0 Å². The van der Waals surface area contributed by atoms with Crippen LogP contribution in [0.2, 0.25) is 5.82 Å². The van der Waals surface area contributed by atoms with Crippen molar-refractivity contribution in [1.29, 1.82) is 0 Å². The number of hydrogen-bond donors (Lipinski definition) is 0. The van der Waals surface area contributed by atoms with Gasteiger partial charge in [-0.3, -0.25) is 0 Å². The molecule has 0 radical (unpaired) electrons.